The summed E-state index contributed by atoms with van der Waals surface area (Å²) in [4.78, 5) is 0.300. The van der Waals surface area contributed by atoms with Crippen LogP contribution in [-0.4, -0.2) is 40.2 Å². The van der Waals surface area contributed by atoms with E-state index >= 15 is 0 Å². The number of methoxy groups -OCH3 is 1. The van der Waals surface area contributed by atoms with E-state index < -0.39 is 10.0 Å². The highest BCUT2D eigenvalue weighted by atomic mass is 32.2. The normalized spacial score (nSPS) is 13.3. The number of rotatable bonds is 9. The Hall–Kier alpha value is -0.560. The fourth-order valence-electron chi connectivity index (χ4n) is 1.74. The Labute approximate surface area is 126 Å². The quantitative estimate of drug-likeness (QED) is 0.759. The molecule has 4 nitrogen and oxygen atoms in total. The molecular weight excluding hydrogens is 294 g/mol. The number of nitrogens with one attached hydrogen (secondary N) is 1. The van der Waals surface area contributed by atoms with Gasteiger partial charge in [0.15, 0.2) is 0 Å². The van der Waals surface area contributed by atoms with Crippen LogP contribution in [0.4, 0.5) is 0 Å². The van der Waals surface area contributed by atoms with Gasteiger partial charge in [0.05, 0.1) is 11.0 Å². The van der Waals surface area contributed by atoms with Crippen molar-refractivity contribution in [1.82, 2.24) is 4.72 Å². The van der Waals surface area contributed by atoms with E-state index in [0.717, 1.165) is 24.2 Å². The van der Waals surface area contributed by atoms with E-state index in [1.165, 1.54) is 0 Å². The van der Waals surface area contributed by atoms with Crippen molar-refractivity contribution in [2.45, 2.75) is 30.8 Å². The summed E-state index contributed by atoms with van der Waals surface area (Å²) in [6.45, 7) is 2.34. The molecule has 0 saturated heterocycles. The predicted octanol–water partition coefficient (Wildman–Crippen LogP) is 2.30. The standard InChI is InChI=1S/C14H23NO3S2/c1-4-12-5-7-14(8-6-12)20(16,17)15-11-13(18-2)9-10-19-3/h5-8,13,15H,4,9-11H2,1-3H3. The first-order chi connectivity index (χ1) is 9.53. The maximum absolute atomic E-state index is 12.2. The average molecular weight is 317 g/mol. The Balaban J connectivity index is 2.63. The molecular formula is C14H23NO3S2. The Morgan fingerprint density at radius 3 is 2.45 bits per heavy atom. The zero-order chi connectivity index (χ0) is 15.0. The molecule has 0 aliphatic rings. The highest BCUT2D eigenvalue weighted by molar-refractivity contribution is 7.98. The van der Waals surface area contributed by atoms with E-state index in [1.54, 1.807) is 31.0 Å². The number of thioether (sulfide) groups is 1. The summed E-state index contributed by atoms with van der Waals surface area (Å²) in [5.41, 5.74) is 1.12. The first-order valence-electron chi connectivity index (χ1n) is 6.63. The number of sulfonamides is 1. The molecule has 0 aliphatic heterocycles. The van der Waals surface area contributed by atoms with Crippen molar-refractivity contribution in [2.24, 2.45) is 0 Å². The van der Waals surface area contributed by atoms with Crippen LogP contribution in [0.5, 0.6) is 0 Å². The first kappa shape index (κ1) is 17.5. The molecule has 20 heavy (non-hydrogen) atoms. The van der Waals surface area contributed by atoms with Crippen molar-refractivity contribution < 1.29 is 13.2 Å². The van der Waals surface area contributed by atoms with Crippen LogP contribution >= 0.6 is 11.8 Å². The fourth-order valence-corrected chi connectivity index (χ4v) is 3.31. The van der Waals surface area contributed by atoms with Gasteiger partial charge in [0.1, 0.15) is 0 Å². The molecule has 114 valence electrons. The van der Waals surface area contributed by atoms with Crippen LogP contribution in [0.25, 0.3) is 0 Å². The Bertz CT molecular complexity index is 486. The van der Waals surface area contributed by atoms with E-state index in [4.69, 9.17) is 4.74 Å². The van der Waals surface area contributed by atoms with Crippen LogP contribution in [-0.2, 0) is 21.2 Å². The summed E-state index contributed by atoms with van der Waals surface area (Å²) in [7, 11) is -1.85. The van der Waals surface area contributed by atoms with Gasteiger partial charge >= 0.3 is 0 Å². The van der Waals surface area contributed by atoms with Gasteiger partial charge in [0.2, 0.25) is 10.0 Å². The molecule has 0 fully saturated rings. The third-order valence-corrected chi connectivity index (χ3v) is 5.20. The zero-order valence-electron chi connectivity index (χ0n) is 12.3. The van der Waals surface area contributed by atoms with E-state index in [2.05, 4.69) is 4.72 Å². The lowest BCUT2D eigenvalue weighted by Gasteiger charge is -2.15. The minimum absolute atomic E-state index is 0.0906. The van der Waals surface area contributed by atoms with Gasteiger partial charge in [-0.2, -0.15) is 11.8 Å². The van der Waals surface area contributed by atoms with E-state index in [1.807, 2.05) is 25.3 Å². The monoisotopic (exact) mass is 317 g/mol. The van der Waals surface area contributed by atoms with Gasteiger partial charge in [-0.05, 0) is 42.5 Å². The van der Waals surface area contributed by atoms with E-state index in [0.29, 0.717) is 11.4 Å². The lowest BCUT2D eigenvalue weighted by molar-refractivity contribution is 0.104. The highest BCUT2D eigenvalue weighted by Gasteiger charge is 2.16. The molecule has 0 aromatic heterocycles. The lowest BCUT2D eigenvalue weighted by atomic mass is 10.2. The van der Waals surface area contributed by atoms with Crippen LogP contribution in [0, 0.1) is 0 Å². The smallest absolute Gasteiger partial charge is 0.240 e. The van der Waals surface area contributed by atoms with Crippen molar-refractivity contribution in [3.05, 3.63) is 29.8 Å². The molecule has 0 spiro atoms. The molecule has 1 unspecified atom stereocenters. The molecule has 6 heteroatoms. The summed E-state index contributed by atoms with van der Waals surface area (Å²) >= 11 is 1.72. The second-order valence-electron chi connectivity index (χ2n) is 4.49. The largest absolute Gasteiger partial charge is 0.380 e. The Kier molecular flexibility index (Phi) is 7.58. The van der Waals surface area contributed by atoms with Crippen molar-refractivity contribution in [2.75, 3.05) is 25.7 Å². The number of hydrogen-bond donors (Lipinski definition) is 1. The summed E-state index contributed by atoms with van der Waals surface area (Å²) in [6.07, 6.45) is 3.65. The summed E-state index contributed by atoms with van der Waals surface area (Å²) in [5.74, 6) is 0.950. The van der Waals surface area contributed by atoms with Gasteiger partial charge < -0.3 is 4.74 Å². The van der Waals surface area contributed by atoms with Crippen LogP contribution < -0.4 is 4.72 Å². The number of hydrogen-bond acceptors (Lipinski definition) is 4. The molecule has 0 aliphatic carbocycles. The molecule has 1 aromatic carbocycles. The van der Waals surface area contributed by atoms with Crippen LogP contribution in [0.15, 0.2) is 29.2 Å². The minimum Gasteiger partial charge on any atom is -0.380 e. The molecule has 0 amide bonds. The molecule has 0 bridgehead atoms. The van der Waals surface area contributed by atoms with Crippen LogP contribution in [0.1, 0.15) is 18.9 Å². The van der Waals surface area contributed by atoms with Crippen molar-refractivity contribution >= 4 is 21.8 Å². The average Bonchev–Trinajstić information content (AvgIpc) is 2.47. The lowest BCUT2D eigenvalue weighted by Crippen LogP contribution is -2.33. The van der Waals surface area contributed by atoms with Gasteiger partial charge in [-0.3, -0.25) is 0 Å². The third-order valence-electron chi connectivity index (χ3n) is 3.12. The van der Waals surface area contributed by atoms with Crippen molar-refractivity contribution in [3.63, 3.8) is 0 Å². The van der Waals surface area contributed by atoms with Crippen LogP contribution in [0.2, 0.25) is 0 Å². The van der Waals surface area contributed by atoms with Gasteiger partial charge in [-0.1, -0.05) is 19.1 Å². The number of benzene rings is 1. The Morgan fingerprint density at radius 1 is 1.30 bits per heavy atom. The second-order valence-corrected chi connectivity index (χ2v) is 7.24. The fraction of sp³-hybridized carbons (Fsp3) is 0.571. The summed E-state index contributed by atoms with van der Waals surface area (Å²) in [6, 6.07) is 6.97. The SMILES string of the molecule is CCc1ccc(S(=O)(=O)NCC(CCSC)OC)cc1. The van der Waals surface area contributed by atoms with Gasteiger partial charge in [0, 0.05) is 13.7 Å². The molecule has 1 atom stereocenters. The minimum atomic E-state index is -3.45. The van der Waals surface area contributed by atoms with Crippen molar-refractivity contribution in [3.8, 4) is 0 Å². The van der Waals surface area contributed by atoms with Crippen LogP contribution in [0.3, 0.4) is 0 Å². The maximum atomic E-state index is 12.2. The van der Waals surface area contributed by atoms with Gasteiger partial charge in [0.25, 0.3) is 0 Å². The van der Waals surface area contributed by atoms with E-state index in [-0.39, 0.29) is 6.10 Å². The molecule has 0 radical (unpaired) electrons. The highest BCUT2D eigenvalue weighted by Crippen LogP contribution is 2.11. The summed E-state index contributed by atoms with van der Waals surface area (Å²) < 4.78 is 32.2. The molecule has 0 saturated carbocycles. The molecule has 1 rings (SSSR count). The van der Waals surface area contributed by atoms with Gasteiger partial charge in [-0.15, -0.1) is 0 Å². The summed E-state index contributed by atoms with van der Waals surface area (Å²) in [5, 5.41) is 0. The first-order valence-corrected chi connectivity index (χ1v) is 9.51. The van der Waals surface area contributed by atoms with Crippen molar-refractivity contribution in [1.29, 1.82) is 0 Å². The molecule has 1 N–H and O–H groups in total. The van der Waals surface area contributed by atoms with E-state index in [9.17, 15) is 8.42 Å². The topological polar surface area (TPSA) is 55.4 Å². The second kappa shape index (κ2) is 8.67. The Morgan fingerprint density at radius 2 is 1.95 bits per heavy atom. The third kappa shape index (κ3) is 5.44. The number of ether oxygens (including phenoxy) is 1. The molecule has 1 aromatic rings. The molecule has 0 heterocycles. The van der Waals surface area contributed by atoms with Gasteiger partial charge in [-0.25, -0.2) is 13.1 Å². The maximum Gasteiger partial charge on any atom is 0.240 e. The zero-order valence-corrected chi connectivity index (χ0v) is 13.9. The predicted molar refractivity (Wildman–Crippen MR) is 84.8 cm³/mol. The number of aryl methyl sites for hydroxylation is 1.